The first-order valence-electron chi connectivity index (χ1n) is 21.3. The zero-order valence-corrected chi connectivity index (χ0v) is 32.0. The van der Waals surface area contributed by atoms with Crippen molar-refractivity contribution in [2.45, 2.75) is 186 Å². The molecule has 278 valence electrons. The highest BCUT2D eigenvalue weighted by Gasteiger charge is 2.60. The number of ether oxygens (including phenoxy) is 3. The largest absolute Gasteiger partial charge is 0.459 e. The van der Waals surface area contributed by atoms with Crippen LogP contribution in [0, 0.1) is 69.5 Å². The lowest BCUT2D eigenvalue weighted by molar-refractivity contribution is -0.208. The minimum Gasteiger partial charge on any atom is -0.459 e. The Kier molecular flexibility index (Phi) is 7.84. The molecular weight excluding hydrogens is 624 g/mol. The highest BCUT2D eigenvalue weighted by Crippen LogP contribution is 2.61. The van der Waals surface area contributed by atoms with Crippen LogP contribution in [0.5, 0.6) is 0 Å². The fourth-order valence-corrected chi connectivity index (χ4v) is 15.9. The third kappa shape index (κ3) is 5.90. The molecule has 0 aliphatic heterocycles. The molecular formula is C44H66O6. The standard InChI is InChI=1S/C44H66O6/c1-6-40(4,37(46)49-43-19-30-10-31(20-43)12-32(11-30)21-43)26-41(5,38(47)50-44-22-33-13-34(23-44)15-35(14-33)24-44)25-39(2,3)36(45)48-42-16-27-7-28(17-42)9-29(8-27)18-42/h27-35H,6-26H2,1-5H3. The monoisotopic (exact) mass is 690 g/mol. The van der Waals surface area contributed by atoms with E-state index in [9.17, 15) is 14.4 Å². The number of rotatable bonds is 11. The van der Waals surface area contributed by atoms with E-state index < -0.39 is 16.2 Å². The molecule has 12 rings (SSSR count). The second kappa shape index (κ2) is 11.5. The fraction of sp³-hybridized carbons (Fsp3) is 0.932. The Morgan fingerprint density at radius 3 is 0.980 bits per heavy atom. The number of hydrogen-bond acceptors (Lipinski definition) is 6. The second-order valence-corrected chi connectivity index (χ2v) is 22.2. The molecule has 0 saturated heterocycles. The van der Waals surface area contributed by atoms with Crippen LogP contribution < -0.4 is 0 Å². The van der Waals surface area contributed by atoms with Gasteiger partial charge in [0.1, 0.15) is 16.8 Å². The van der Waals surface area contributed by atoms with Gasteiger partial charge < -0.3 is 14.2 Å². The van der Waals surface area contributed by atoms with Crippen molar-refractivity contribution in [3.05, 3.63) is 0 Å². The summed E-state index contributed by atoms with van der Waals surface area (Å²) in [5.41, 5.74) is -3.87. The molecule has 12 aliphatic rings. The summed E-state index contributed by atoms with van der Waals surface area (Å²) in [7, 11) is 0. The van der Waals surface area contributed by atoms with Gasteiger partial charge in [0.15, 0.2) is 0 Å². The summed E-state index contributed by atoms with van der Waals surface area (Å²) in [5.74, 6) is 5.53. The lowest BCUT2D eigenvalue weighted by Crippen LogP contribution is -2.56. The van der Waals surface area contributed by atoms with Crippen molar-refractivity contribution in [1.82, 2.24) is 0 Å². The second-order valence-electron chi connectivity index (χ2n) is 22.2. The smallest absolute Gasteiger partial charge is 0.312 e. The topological polar surface area (TPSA) is 78.9 Å². The summed E-state index contributed by atoms with van der Waals surface area (Å²) in [6.45, 7) is 10.0. The van der Waals surface area contributed by atoms with E-state index in [2.05, 4.69) is 6.92 Å². The maximum atomic E-state index is 15.0. The SMILES string of the molecule is CCC(C)(CC(C)(CC(C)(C)C(=O)OC12CC3CC(CC(C3)C1)C2)C(=O)OC12CC3CC(CC(C3)C1)C2)C(=O)OC12CC3CC(CC(C3)C1)C2. The van der Waals surface area contributed by atoms with Crippen molar-refractivity contribution in [2.24, 2.45) is 69.5 Å². The summed E-state index contributed by atoms with van der Waals surface area (Å²) in [5, 5.41) is 0. The third-order valence-corrected chi connectivity index (χ3v) is 16.8. The average Bonchev–Trinajstić information content (AvgIpc) is 2.98. The predicted octanol–water partition coefficient (Wildman–Crippen LogP) is 9.75. The Morgan fingerprint density at radius 2 is 0.700 bits per heavy atom. The number of carbonyl (C=O) groups is 3. The maximum absolute atomic E-state index is 15.0. The van der Waals surface area contributed by atoms with Gasteiger partial charge in [-0.25, -0.2) is 0 Å². The van der Waals surface area contributed by atoms with Gasteiger partial charge in [-0.15, -0.1) is 0 Å². The van der Waals surface area contributed by atoms with Crippen LogP contribution in [0.3, 0.4) is 0 Å². The number of carbonyl (C=O) groups excluding carboxylic acids is 3. The molecule has 12 saturated carbocycles. The molecule has 50 heavy (non-hydrogen) atoms. The van der Waals surface area contributed by atoms with Crippen LogP contribution in [0.1, 0.15) is 169 Å². The Bertz CT molecular complexity index is 1300. The molecule has 0 amide bonds. The third-order valence-electron chi connectivity index (χ3n) is 16.8. The minimum atomic E-state index is -1.04. The lowest BCUT2D eigenvalue weighted by Gasteiger charge is -2.57. The molecule has 2 unspecified atom stereocenters. The Hall–Kier alpha value is -1.59. The van der Waals surface area contributed by atoms with Gasteiger partial charge in [-0.2, -0.15) is 0 Å². The van der Waals surface area contributed by atoms with Crippen molar-refractivity contribution < 1.29 is 28.6 Å². The van der Waals surface area contributed by atoms with Crippen LogP contribution in [0.2, 0.25) is 0 Å². The normalized spacial score (nSPS) is 47.1. The number of esters is 3. The predicted molar refractivity (Wildman–Crippen MR) is 191 cm³/mol. The van der Waals surface area contributed by atoms with Crippen LogP contribution in [0.15, 0.2) is 0 Å². The van der Waals surface area contributed by atoms with E-state index in [4.69, 9.17) is 14.2 Å². The first-order chi connectivity index (χ1) is 23.6. The molecule has 0 aromatic heterocycles. The van der Waals surface area contributed by atoms with Crippen LogP contribution in [0.4, 0.5) is 0 Å². The average molecular weight is 691 g/mol. The molecule has 0 aromatic carbocycles. The highest BCUT2D eigenvalue weighted by atomic mass is 16.6. The molecule has 6 heteroatoms. The minimum absolute atomic E-state index is 0.148. The van der Waals surface area contributed by atoms with E-state index in [1.807, 2.05) is 27.7 Å². The Morgan fingerprint density at radius 1 is 0.440 bits per heavy atom. The molecule has 2 atom stereocenters. The molecule has 6 nitrogen and oxygen atoms in total. The summed E-state index contributed by atoms with van der Waals surface area (Å²) < 4.78 is 20.2. The van der Waals surface area contributed by atoms with Gasteiger partial charge in [-0.05, 0) is 216 Å². The van der Waals surface area contributed by atoms with Crippen LogP contribution in [-0.4, -0.2) is 34.7 Å². The summed E-state index contributed by atoms with van der Waals surface area (Å²) in [4.78, 5) is 43.9. The summed E-state index contributed by atoms with van der Waals surface area (Å²) in [6.07, 6.45) is 21.7. The van der Waals surface area contributed by atoms with Crippen molar-refractivity contribution in [2.75, 3.05) is 0 Å². The zero-order chi connectivity index (χ0) is 34.9. The van der Waals surface area contributed by atoms with Crippen molar-refractivity contribution in [1.29, 1.82) is 0 Å². The molecule has 12 fully saturated rings. The van der Waals surface area contributed by atoms with Crippen LogP contribution in [0.25, 0.3) is 0 Å². The summed E-state index contributed by atoms with van der Waals surface area (Å²) in [6, 6.07) is 0. The van der Waals surface area contributed by atoms with Gasteiger partial charge in [-0.3, -0.25) is 14.4 Å². The first kappa shape index (κ1) is 34.2. The van der Waals surface area contributed by atoms with Crippen molar-refractivity contribution >= 4 is 17.9 Å². The van der Waals surface area contributed by atoms with E-state index >= 15 is 0 Å². The molecule has 0 aromatic rings. The van der Waals surface area contributed by atoms with Crippen LogP contribution >= 0.6 is 0 Å². The van der Waals surface area contributed by atoms with E-state index in [-0.39, 0.29) is 34.7 Å². The van der Waals surface area contributed by atoms with E-state index in [0.29, 0.717) is 72.5 Å². The quantitative estimate of drug-likeness (QED) is 0.159. The van der Waals surface area contributed by atoms with E-state index in [1.54, 1.807) is 0 Å². The number of hydrogen-bond donors (Lipinski definition) is 0. The van der Waals surface area contributed by atoms with Gasteiger partial charge in [0.25, 0.3) is 0 Å². The highest BCUT2D eigenvalue weighted by molar-refractivity contribution is 5.83. The van der Waals surface area contributed by atoms with Crippen LogP contribution in [-0.2, 0) is 28.6 Å². The molecule has 12 bridgehead atoms. The molecule has 0 N–H and O–H groups in total. The lowest BCUT2D eigenvalue weighted by atomic mass is 9.54. The Balaban J connectivity index is 0.973. The maximum Gasteiger partial charge on any atom is 0.312 e. The van der Waals surface area contributed by atoms with Gasteiger partial charge in [0, 0.05) is 0 Å². The van der Waals surface area contributed by atoms with Crippen molar-refractivity contribution in [3.8, 4) is 0 Å². The molecule has 12 aliphatic carbocycles. The molecule has 0 radical (unpaired) electrons. The van der Waals surface area contributed by atoms with E-state index in [1.165, 1.54) is 57.8 Å². The van der Waals surface area contributed by atoms with Gasteiger partial charge in [0.2, 0.25) is 0 Å². The van der Waals surface area contributed by atoms with Crippen molar-refractivity contribution in [3.63, 3.8) is 0 Å². The summed E-state index contributed by atoms with van der Waals surface area (Å²) >= 11 is 0. The van der Waals surface area contributed by atoms with Gasteiger partial charge in [0.05, 0.1) is 16.2 Å². The Labute approximate surface area is 301 Å². The fourth-order valence-electron chi connectivity index (χ4n) is 15.9. The van der Waals surface area contributed by atoms with Gasteiger partial charge >= 0.3 is 17.9 Å². The first-order valence-corrected chi connectivity index (χ1v) is 21.3. The molecule has 0 heterocycles. The van der Waals surface area contributed by atoms with Gasteiger partial charge in [-0.1, -0.05) is 6.92 Å². The van der Waals surface area contributed by atoms with E-state index in [0.717, 1.165) is 57.8 Å². The molecule has 0 spiro atoms. The zero-order valence-electron chi connectivity index (χ0n) is 32.0.